The number of nitrogens with zero attached hydrogens (tertiary/aromatic N) is 1. The number of para-hydroxylation sites is 1. The van der Waals surface area contributed by atoms with E-state index >= 15 is 0 Å². The zero-order valence-corrected chi connectivity index (χ0v) is 22.6. The number of hydrogen-bond acceptors (Lipinski definition) is 6. The summed E-state index contributed by atoms with van der Waals surface area (Å²) >= 11 is 0. The highest BCUT2D eigenvalue weighted by molar-refractivity contribution is 6.58. The van der Waals surface area contributed by atoms with Gasteiger partial charge in [0.05, 0.1) is 12.7 Å². The fourth-order valence-electron chi connectivity index (χ4n) is 8.04. The van der Waals surface area contributed by atoms with Gasteiger partial charge in [-0.1, -0.05) is 41.6 Å². The predicted molar refractivity (Wildman–Crippen MR) is 145 cm³/mol. The molecule has 2 bridgehead atoms. The number of aromatic nitrogens is 1. The molecule has 2 aromatic carbocycles. The minimum absolute atomic E-state index is 0.0562. The largest absolute Gasteiger partial charge is 0.573 e. The van der Waals surface area contributed by atoms with Crippen molar-refractivity contribution >= 4 is 12.6 Å². The van der Waals surface area contributed by atoms with Gasteiger partial charge in [0.15, 0.2) is 0 Å². The zero-order valence-electron chi connectivity index (χ0n) is 22.6. The summed E-state index contributed by atoms with van der Waals surface area (Å²) in [6.07, 6.45) is 3.60. The molecule has 6 nitrogen and oxygen atoms in total. The molecule has 41 heavy (non-hydrogen) atoms. The van der Waals surface area contributed by atoms with Gasteiger partial charge in [-0.15, -0.1) is 13.2 Å². The second-order valence-electron chi connectivity index (χ2n) is 12.5. The minimum Gasteiger partial charge on any atom is -0.423 e. The van der Waals surface area contributed by atoms with Crippen LogP contribution in [0.1, 0.15) is 74.2 Å². The topological polar surface area (TPSA) is 85.0 Å². The van der Waals surface area contributed by atoms with Crippen LogP contribution in [0.25, 0.3) is 11.3 Å². The fraction of sp³-hybridized carbons (Fsp3) is 0.516. The lowest BCUT2D eigenvalue weighted by molar-refractivity contribution is -0.274. The van der Waals surface area contributed by atoms with Gasteiger partial charge in [0.25, 0.3) is 0 Å². The normalized spacial score (nSPS) is 29.0. The fourth-order valence-corrected chi connectivity index (χ4v) is 8.04. The van der Waals surface area contributed by atoms with Crippen molar-refractivity contribution in [3.63, 3.8) is 0 Å². The minimum atomic E-state index is -4.81. The molecule has 2 unspecified atom stereocenters. The molecule has 0 amide bonds. The molecule has 1 aromatic heterocycles. The van der Waals surface area contributed by atoms with Crippen LogP contribution >= 0.6 is 0 Å². The average Bonchev–Trinajstić information content (AvgIpc) is 3.59. The molecule has 0 aliphatic heterocycles. The monoisotopic (exact) mass is 567 g/mol. The van der Waals surface area contributed by atoms with Crippen LogP contribution < -0.4 is 10.2 Å². The SMILES string of the molecule is OB(O)c1ccc(C23C[C@H]4CC2[C@@H](CC[C@@H](OCc2c(-c5ccccc5OC(F)(F)F)noc2C2CC2)C4)C3)cc1. The van der Waals surface area contributed by atoms with Crippen molar-refractivity contribution < 1.29 is 37.2 Å². The Morgan fingerprint density at radius 3 is 2.49 bits per heavy atom. The molecule has 3 aromatic rings. The molecule has 2 N–H and O–H groups in total. The lowest BCUT2D eigenvalue weighted by Gasteiger charge is -2.53. The molecule has 1 heterocycles. The summed E-state index contributed by atoms with van der Waals surface area (Å²) in [5.74, 6) is 2.47. The first kappa shape index (κ1) is 27.0. The van der Waals surface area contributed by atoms with Gasteiger partial charge in [-0.25, -0.2) is 0 Å². The molecule has 4 saturated carbocycles. The third-order valence-electron chi connectivity index (χ3n) is 9.98. The molecule has 4 aliphatic carbocycles. The van der Waals surface area contributed by atoms with Gasteiger partial charge >= 0.3 is 13.5 Å². The Morgan fingerprint density at radius 1 is 0.976 bits per heavy atom. The summed E-state index contributed by atoms with van der Waals surface area (Å²) < 4.78 is 56.0. The third-order valence-corrected chi connectivity index (χ3v) is 9.98. The Hall–Kier alpha value is -2.82. The van der Waals surface area contributed by atoms with Gasteiger partial charge in [-0.05, 0) is 97.7 Å². The maximum Gasteiger partial charge on any atom is 0.573 e. The van der Waals surface area contributed by atoms with E-state index in [1.54, 1.807) is 12.1 Å². The van der Waals surface area contributed by atoms with Gasteiger partial charge in [-0.2, -0.15) is 0 Å². The highest BCUT2D eigenvalue weighted by atomic mass is 19.4. The highest BCUT2D eigenvalue weighted by Crippen LogP contribution is 2.66. The van der Waals surface area contributed by atoms with Gasteiger partial charge in [0.2, 0.25) is 0 Å². The van der Waals surface area contributed by atoms with Crippen molar-refractivity contribution in [3.05, 3.63) is 65.4 Å². The number of benzene rings is 2. The van der Waals surface area contributed by atoms with Crippen molar-refractivity contribution in [2.24, 2.45) is 17.8 Å². The number of halogens is 3. The van der Waals surface area contributed by atoms with Crippen LogP contribution in [-0.2, 0) is 16.8 Å². The summed E-state index contributed by atoms with van der Waals surface area (Å²) in [5, 5.41) is 23.2. The first-order valence-electron chi connectivity index (χ1n) is 14.6. The summed E-state index contributed by atoms with van der Waals surface area (Å²) in [6.45, 7) is 0.243. The van der Waals surface area contributed by atoms with Crippen LogP contribution in [0.5, 0.6) is 5.75 Å². The summed E-state index contributed by atoms with van der Waals surface area (Å²) in [4.78, 5) is 0. The summed E-state index contributed by atoms with van der Waals surface area (Å²) in [6, 6.07) is 13.8. The maximum absolute atomic E-state index is 13.1. The van der Waals surface area contributed by atoms with Gasteiger partial charge < -0.3 is 24.0 Å². The molecule has 0 spiro atoms. The lowest BCUT2D eigenvalue weighted by Crippen LogP contribution is -2.48. The van der Waals surface area contributed by atoms with Gasteiger partial charge in [0.1, 0.15) is 17.2 Å². The number of ether oxygens (including phenoxy) is 2. The number of hydrogen-bond donors (Lipinski definition) is 2. The molecule has 4 aliphatic rings. The molecule has 216 valence electrons. The second-order valence-corrected chi connectivity index (χ2v) is 12.5. The van der Waals surface area contributed by atoms with Crippen molar-refractivity contribution in [2.45, 2.75) is 81.8 Å². The molecule has 0 saturated heterocycles. The van der Waals surface area contributed by atoms with Crippen molar-refractivity contribution in [2.75, 3.05) is 0 Å². The van der Waals surface area contributed by atoms with E-state index in [1.807, 2.05) is 12.1 Å². The molecule has 4 fully saturated rings. The molecule has 10 heteroatoms. The van der Waals surface area contributed by atoms with Crippen molar-refractivity contribution in [1.82, 2.24) is 5.16 Å². The zero-order chi connectivity index (χ0) is 28.4. The number of rotatable bonds is 8. The molecule has 5 atom stereocenters. The van der Waals surface area contributed by atoms with Gasteiger partial charge in [0, 0.05) is 17.0 Å². The Kier molecular flexibility index (Phi) is 6.71. The van der Waals surface area contributed by atoms with E-state index in [0.29, 0.717) is 34.7 Å². The van der Waals surface area contributed by atoms with Crippen LogP contribution in [0.2, 0.25) is 0 Å². The van der Waals surface area contributed by atoms with E-state index in [2.05, 4.69) is 22.0 Å². The highest BCUT2D eigenvalue weighted by Gasteiger charge is 2.60. The van der Waals surface area contributed by atoms with Gasteiger partial charge in [-0.3, -0.25) is 0 Å². The summed E-state index contributed by atoms with van der Waals surface area (Å²) in [5.41, 5.74) is 3.30. The Balaban J connectivity index is 1.09. The van der Waals surface area contributed by atoms with Crippen LogP contribution in [0.15, 0.2) is 53.1 Å². The maximum atomic E-state index is 13.1. The quantitative estimate of drug-likeness (QED) is 0.333. The first-order chi connectivity index (χ1) is 19.7. The van der Waals surface area contributed by atoms with E-state index in [4.69, 9.17) is 9.26 Å². The van der Waals surface area contributed by atoms with Crippen LogP contribution in [0.3, 0.4) is 0 Å². The molecular formula is C31H33BF3NO5. The van der Waals surface area contributed by atoms with E-state index < -0.39 is 13.5 Å². The smallest absolute Gasteiger partial charge is 0.423 e. The first-order valence-corrected chi connectivity index (χ1v) is 14.6. The number of fused-ring (bicyclic) bond motifs is 1. The second kappa shape index (κ2) is 10.2. The molecule has 0 radical (unpaired) electrons. The molecule has 7 rings (SSSR count). The van der Waals surface area contributed by atoms with E-state index in [1.165, 1.54) is 24.1 Å². The van der Waals surface area contributed by atoms with Crippen LogP contribution in [0, 0.1) is 17.8 Å². The number of alkyl halides is 3. The van der Waals surface area contributed by atoms with Crippen molar-refractivity contribution in [3.8, 4) is 17.0 Å². The standard InChI is InChI=1S/C31H33BF3NO5/c33-31(34,35)40-27-4-2-1-3-24(27)28-25(29(41-36-28)19-5-6-19)17-39-23-12-7-20-16-30(15-18(13-23)14-26(20)30)21-8-10-22(11-9-21)32(37)38/h1-4,8-11,18-20,23,26,37-38H,5-7,12-17H2/t18-,20+,23-,26?,30?/m1/s1. The van der Waals surface area contributed by atoms with Crippen molar-refractivity contribution in [1.29, 1.82) is 0 Å². The van der Waals surface area contributed by atoms with E-state index in [-0.39, 0.29) is 35.4 Å². The summed E-state index contributed by atoms with van der Waals surface area (Å²) in [7, 11) is -1.46. The lowest BCUT2D eigenvalue weighted by atomic mass is 9.51. The predicted octanol–water partition coefficient (Wildman–Crippen LogP) is 5.85. The third kappa shape index (κ3) is 5.08. The Morgan fingerprint density at radius 2 is 1.76 bits per heavy atom. The van der Waals surface area contributed by atoms with Crippen LogP contribution in [0.4, 0.5) is 13.2 Å². The Bertz CT molecular complexity index is 1410. The molecular weight excluding hydrogens is 534 g/mol. The Labute approximate surface area is 237 Å². The average molecular weight is 567 g/mol. The van der Waals surface area contributed by atoms with Crippen LogP contribution in [-0.4, -0.2) is 34.8 Å². The van der Waals surface area contributed by atoms with E-state index in [0.717, 1.165) is 50.5 Å². The van der Waals surface area contributed by atoms with E-state index in [9.17, 15) is 23.2 Å².